The summed E-state index contributed by atoms with van der Waals surface area (Å²) in [5.41, 5.74) is 0.585. The van der Waals surface area contributed by atoms with Gasteiger partial charge in [0.1, 0.15) is 5.82 Å². The number of nitrogens with one attached hydrogen (secondary N) is 1. The van der Waals surface area contributed by atoms with Gasteiger partial charge in [-0.25, -0.2) is 4.39 Å². The molecular formula is C17H23FN2O2. The van der Waals surface area contributed by atoms with Crippen molar-refractivity contribution in [2.24, 2.45) is 0 Å². The average molecular weight is 306 g/mol. The van der Waals surface area contributed by atoms with Crippen LogP contribution in [0.4, 0.5) is 4.39 Å². The molecule has 0 saturated heterocycles. The van der Waals surface area contributed by atoms with Gasteiger partial charge in [-0.15, -0.1) is 0 Å². The third-order valence-electron chi connectivity index (χ3n) is 4.16. The molecule has 0 spiro atoms. The summed E-state index contributed by atoms with van der Waals surface area (Å²) >= 11 is 0. The maximum Gasteiger partial charge on any atom is 0.239 e. The smallest absolute Gasteiger partial charge is 0.239 e. The normalized spacial score (nSPS) is 14.8. The van der Waals surface area contributed by atoms with Gasteiger partial charge < -0.3 is 10.2 Å². The Morgan fingerprint density at radius 2 is 1.95 bits per heavy atom. The Labute approximate surface area is 130 Å². The molecule has 0 atom stereocenters. The summed E-state index contributed by atoms with van der Waals surface area (Å²) in [4.78, 5) is 25.4. The minimum absolute atomic E-state index is 0.0591. The van der Waals surface area contributed by atoms with E-state index < -0.39 is 0 Å². The number of rotatable bonds is 6. The predicted octanol–water partition coefficient (Wildman–Crippen LogP) is 2.28. The van der Waals surface area contributed by atoms with Crippen LogP contribution in [0, 0.1) is 5.82 Å². The van der Waals surface area contributed by atoms with Crippen LogP contribution in [0.15, 0.2) is 24.3 Å². The van der Waals surface area contributed by atoms with E-state index in [9.17, 15) is 14.0 Å². The average Bonchev–Trinajstić information content (AvgIpc) is 3.00. The molecule has 1 aliphatic rings. The predicted molar refractivity (Wildman–Crippen MR) is 82.8 cm³/mol. The van der Waals surface area contributed by atoms with Crippen LogP contribution in [0.1, 0.15) is 38.2 Å². The van der Waals surface area contributed by atoms with Gasteiger partial charge in [0.05, 0.1) is 6.54 Å². The number of halogens is 1. The molecule has 0 unspecified atom stereocenters. The van der Waals surface area contributed by atoms with Crippen LogP contribution < -0.4 is 5.32 Å². The minimum Gasteiger partial charge on any atom is -0.354 e. The third-order valence-corrected chi connectivity index (χ3v) is 4.16. The Morgan fingerprint density at radius 3 is 2.59 bits per heavy atom. The highest BCUT2D eigenvalue weighted by Gasteiger charge is 2.26. The molecule has 2 amide bonds. The fraction of sp³-hybridized carbons (Fsp3) is 0.529. The molecule has 0 aromatic heterocycles. The number of hydrogen-bond donors (Lipinski definition) is 1. The summed E-state index contributed by atoms with van der Waals surface area (Å²) in [7, 11) is 0. The SMILES string of the molecule is CC(=O)N(CC(=O)NCCc1ccccc1F)C1CCCC1. The maximum absolute atomic E-state index is 13.5. The van der Waals surface area contributed by atoms with Crippen molar-refractivity contribution < 1.29 is 14.0 Å². The Bertz CT molecular complexity index is 527. The summed E-state index contributed by atoms with van der Waals surface area (Å²) < 4.78 is 13.5. The molecule has 1 aromatic rings. The van der Waals surface area contributed by atoms with E-state index >= 15 is 0 Å². The van der Waals surface area contributed by atoms with E-state index in [1.807, 2.05) is 0 Å². The van der Waals surface area contributed by atoms with Crippen LogP contribution >= 0.6 is 0 Å². The Morgan fingerprint density at radius 1 is 1.27 bits per heavy atom. The summed E-state index contributed by atoms with van der Waals surface area (Å²) in [5.74, 6) is -0.498. The molecule has 0 heterocycles. The van der Waals surface area contributed by atoms with Gasteiger partial charge in [0.2, 0.25) is 11.8 Å². The Kier molecular flexibility index (Phi) is 5.92. The van der Waals surface area contributed by atoms with Gasteiger partial charge in [-0.3, -0.25) is 9.59 Å². The van der Waals surface area contributed by atoms with Crippen LogP contribution in [-0.2, 0) is 16.0 Å². The highest BCUT2D eigenvalue weighted by molar-refractivity contribution is 5.84. The van der Waals surface area contributed by atoms with E-state index in [-0.39, 0.29) is 30.2 Å². The highest BCUT2D eigenvalue weighted by Crippen LogP contribution is 2.23. The molecule has 2 rings (SSSR count). The van der Waals surface area contributed by atoms with Gasteiger partial charge in [0, 0.05) is 19.5 Å². The first-order valence-corrected chi connectivity index (χ1v) is 7.85. The summed E-state index contributed by atoms with van der Waals surface area (Å²) in [6, 6.07) is 6.73. The maximum atomic E-state index is 13.5. The van der Waals surface area contributed by atoms with Gasteiger partial charge in [0.25, 0.3) is 0 Å². The molecule has 22 heavy (non-hydrogen) atoms. The van der Waals surface area contributed by atoms with Crippen molar-refractivity contribution in [1.82, 2.24) is 10.2 Å². The van der Waals surface area contributed by atoms with Crippen molar-refractivity contribution >= 4 is 11.8 Å². The van der Waals surface area contributed by atoms with Crippen LogP contribution in [0.2, 0.25) is 0 Å². The molecule has 1 fully saturated rings. The Balaban J connectivity index is 1.79. The second kappa shape index (κ2) is 7.92. The quantitative estimate of drug-likeness (QED) is 0.876. The van der Waals surface area contributed by atoms with E-state index in [4.69, 9.17) is 0 Å². The van der Waals surface area contributed by atoms with Crippen molar-refractivity contribution in [3.63, 3.8) is 0 Å². The zero-order valence-electron chi connectivity index (χ0n) is 13.0. The molecule has 4 nitrogen and oxygen atoms in total. The molecule has 1 N–H and O–H groups in total. The summed E-state index contributed by atoms with van der Waals surface area (Å²) in [6.07, 6.45) is 4.62. The lowest BCUT2D eigenvalue weighted by molar-refractivity contribution is -0.136. The minimum atomic E-state index is -0.256. The van der Waals surface area contributed by atoms with Crippen molar-refractivity contribution in [3.8, 4) is 0 Å². The fourth-order valence-electron chi connectivity index (χ4n) is 2.96. The van der Waals surface area contributed by atoms with Gasteiger partial charge in [0.15, 0.2) is 0 Å². The number of hydrogen-bond acceptors (Lipinski definition) is 2. The lowest BCUT2D eigenvalue weighted by Crippen LogP contribution is -2.44. The van der Waals surface area contributed by atoms with Gasteiger partial charge in [-0.05, 0) is 30.9 Å². The van der Waals surface area contributed by atoms with Crippen molar-refractivity contribution in [2.75, 3.05) is 13.1 Å². The van der Waals surface area contributed by atoms with Gasteiger partial charge in [-0.1, -0.05) is 31.0 Å². The van der Waals surface area contributed by atoms with Crippen LogP contribution in [0.5, 0.6) is 0 Å². The number of carbonyl (C=O) groups excluding carboxylic acids is 2. The monoisotopic (exact) mass is 306 g/mol. The van der Waals surface area contributed by atoms with Crippen LogP contribution in [0.25, 0.3) is 0 Å². The number of carbonyl (C=O) groups is 2. The van der Waals surface area contributed by atoms with Crippen molar-refractivity contribution in [2.45, 2.75) is 45.1 Å². The summed E-state index contributed by atoms with van der Waals surface area (Å²) in [5, 5.41) is 2.77. The lowest BCUT2D eigenvalue weighted by Gasteiger charge is -2.27. The first kappa shape index (κ1) is 16.5. The standard InChI is InChI=1S/C17H23FN2O2/c1-13(21)20(15-7-3-4-8-15)12-17(22)19-11-10-14-6-2-5-9-16(14)18/h2,5-6,9,15H,3-4,7-8,10-12H2,1H3,(H,19,22). The molecule has 0 radical (unpaired) electrons. The lowest BCUT2D eigenvalue weighted by atomic mass is 10.1. The zero-order valence-corrected chi connectivity index (χ0v) is 13.0. The van der Waals surface area contributed by atoms with E-state index in [2.05, 4.69) is 5.32 Å². The van der Waals surface area contributed by atoms with Crippen molar-refractivity contribution in [1.29, 1.82) is 0 Å². The second-order valence-corrected chi connectivity index (χ2v) is 5.78. The van der Waals surface area contributed by atoms with E-state index in [1.54, 1.807) is 23.1 Å². The largest absolute Gasteiger partial charge is 0.354 e. The molecule has 1 aliphatic carbocycles. The van der Waals surface area contributed by atoms with Crippen molar-refractivity contribution in [3.05, 3.63) is 35.6 Å². The first-order valence-electron chi connectivity index (χ1n) is 7.85. The second-order valence-electron chi connectivity index (χ2n) is 5.78. The Hall–Kier alpha value is -1.91. The molecule has 1 saturated carbocycles. The highest BCUT2D eigenvalue weighted by atomic mass is 19.1. The number of amides is 2. The number of nitrogens with zero attached hydrogens (tertiary/aromatic N) is 1. The number of benzene rings is 1. The van der Waals surface area contributed by atoms with Gasteiger partial charge in [-0.2, -0.15) is 0 Å². The topological polar surface area (TPSA) is 49.4 Å². The molecular weight excluding hydrogens is 283 g/mol. The zero-order chi connectivity index (χ0) is 15.9. The fourth-order valence-corrected chi connectivity index (χ4v) is 2.96. The third kappa shape index (κ3) is 4.55. The molecule has 0 aliphatic heterocycles. The van der Waals surface area contributed by atoms with Gasteiger partial charge >= 0.3 is 0 Å². The van der Waals surface area contributed by atoms with Crippen LogP contribution in [-0.4, -0.2) is 35.8 Å². The molecule has 0 bridgehead atoms. The first-order chi connectivity index (χ1) is 10.6. The summed E-state index contributed by atoms with van der Waals surface area (Å²) in [6.45, 7) is 1.97. The van der Waals surface area contributed by atoms with E-state index in [1.165, 1.54) is 13.0 Å². The van der Waals surface area contributed by atoms with E-state index in [0.717, 1.165) is 25.7 Å². The molecule has 1 aromatic carbocycles. The van der Waals surface area contributed by atoms with E-state index in [0.29, 0.717) is 18.5 Å². The van der Waals surface area contributed by atoms with Crippen LogP contribution in [0.3, 0.4) is 0 Å². The molecule has 120 valence electrons. The molecule has 5 heteroatoms.